The first kappa shape index (κ1) is 9.47. The summed E-state index contributed by atoms with van der Waals surface area (Å²) < 4.78 is 0. The van der Waals surface area contributed by atoms with Crippen molar-refractivity contribution in [2.45, 2.75) is 26.8 Å². The van der Waals surface area contributed by atoms with Gasteiger partial charge in [-0.1, -0.05) is 6.92 Å². The van der Waals surface area contributed by atoms with Crippen LogP contribution in [0.4, 0.5) is 0 Å². The van der Waals surface area contributed by atoms with Crippen LogP contribution in [0.3, 0.4) is 0 Å². The number of isothiocyanates is 1. The van der Waals surface area contributed by atoms with Crippen LogP contribution in [0.1, 0.15) is 20.8 Å². The molecule has 0 spiro atoms. The molecule has 0 heterocycles. The molecule has 2 nitrogen and oxygen atoms in total. The lowest BCUT2D eigenvalue weighted by atomic mass is 10.0. The van der Waals surface area contributed by atoms with Crippen LogP contribution in [0, 0.1) is 5.92 Å². The number of thiocarbonyl (C=S) groups is 1. The van der Waals surface area contributed by atoms with Crippen LogP contribution < -0.4 is 0 Å². The van der Waals surface area contributed by atoms with Gasteiger partial charge in [-0.2, -0.15) is 0 Å². The van der Waals surface area contributed by atoms with E-state index in [1.54, 1.807) is 6.92 Å². The molecule has 0 saturated carbocycles. The van der Waals surface area contributed by atoms with Crippen molar-refractivity contribution in [2.24, 2.45) is 10.9 Å². The maximum Gasteiger partial charge on any atom is 0.134 e. The van der Waals surface area contributed by atoms with Crippen molar-refractivity contribution in [3.63, 3.8) is 0 Å². The Morgan fingerprint density at radius 2 is 2.10 bits per heavy atom. The van der Waals surface area contributed by atoms with Gasteiger partial charge < -0.3 is 0 Å². The Morgan fingerprint density at radius 1 is 1.60 bits per heavy atom. The molecule has 10 heavy (non-hydrogen) atoms. The molecule has 0 aliphatic heterocycles. The third kappa shape index (κ3) is 2.85. The van der Waals surface area contributed by atoms with Crippen molar-refractivity contribution >= 4 is 23.2 Å². The minimum atomic E-state index is -0.0459. The van der Waals surface area contributed by atoms with Gasteiger partial charge in [0.2, 0.25) is 0 Å². The van der Waals surface area contributed by atoms with Gasteiger partial charge in [0.15, 0.2) is 0 Å². The number of hydrogen-bond acceptors (Lipinski definition) is 3. The molecule has 0 saturated heterocycles. The second-order valence-electron chi connectivity index (χ2n) is 2.36. The van der Waals surface area contributed by atoms with E-state index in [1.165, 1.54) is 0 Å². The number of nitrogens with zero attached hydrogens (tertiary/aromatic N) is 1. The summed E-state index contributed by atoms with van der Waals surface area (Å²) >= 11 is 4.41. The fourth-order valence-corrected chi connectivity index (χ4v) is 0.701. The first-order chi connectivity index (χ1) is 4.59. The summed E-state index contributed by atoms with van der Waals surface area (Å²) in [6.45, 7) is 5.24. The van der Waals surface area contributed by atoms with E-state index in [0.717, 1.165) is 0 Å². The number of carbonyl (C=O) groups is 1. The normalized spacial score (nSPS) is 15.1. The molecule has 0 amide bonds. The summed E-state index contributed by atoms with van der Waals surface area (Å²) in [5.74, 6) is 0.0944. The van der Waals surface area contributed by atoms with Crippen molar-refractivity contribution in [1.82, 2.24) is 0 Å². The number of aliphatic imine (C=N–C) groups is 1. The van der Waals surface area contributed by atoms with Crippen LogP contribution in [0.2, 0.25) is 0 Å². The van der Waals surface area contributed by atoms with Crippen LogP contribution in [-0.4, -0.2) is 17.0 Å². The van der Waals surface area contributed by atoms with Gasteiger partial charge in [-0.05, 0) is 26.1 Å². The fraction of sp³-hybridized carbons (Fsp3) is 0.714. The molecule has 0 aliphatic carbocycles. The van der Waals surface area contributed by atoms with E-state index in [1.807, 2.05) is 13.8 Å². The van der Waals surface area contributed by atoms with E-state index in [4.69, 9.17) is 0 Å². The van der Waals surface area contributed by atoms with E-state index < -0.39 is 0 Å². The van der Waals surface area contributed by atoms with E-state index in [-0.39, 0.29) is 17.7 Å². The first-order valence-electron chi connectivity index (χ1n) is 3.17. The SMILES string of the molecule is CC(=O)[C@H](C)[C@@H](C)N=C=S. The Kier molecular flexibility index (Phi) is 4.08. The van der Waals surface area contributed by atoms with Crippen LogP contribution in [-0.2, 0) is 4.79 Å². The monoisotopic (exact) mass is 157 g/mol. The lowest BCUT2D eigenvalue weighted by Gasteiger charge is -2.09. The minimum absolute atomic E-state index is 0.0324. The Bertz CT molecular complexity index is 166. The lowest BCUT2D eigenvalue weighted by molar-refractivity contribution is -0.120. The zero-order valence-corrected chi connectivity index (χ0v) is 7.23. The van der Waals surface area contributed by atoms with E-state index in [9.17, 15) is 4.79 Å². The molecular formula is C7H11NOS. The predicted octanol–water partition coefficient (Wildman–Crippen LogP) is 1.70. The molecular weight excluding hydrogens is 146 g/mol. The summed E-state index contributed by atoms with van der Waals surface area (Å²) in [5.41, 5.74) is 0. The summed E-state index contributed by atoms with van der Waals surface area (Å²) in [4.78, 5) is 14.5. The van der Waals surface area contributed by atoms with Crippen molar-refractivity contribution in [3.8, 4) is 0 Å². The Labute approximate surface area is 66.3 Å². The predicted molar refractivity (Wildman–Crippen MR) is 44.3 cm³/mol. The molecule has 0 radical (unpaired) electrons. The van der Waals surface area contributed by atoms with Crippen LogP contribution in [0.25, 0.3) is 0 Å². The molecule has 3 heteroatoms. The molecule has 0 N–H and O–H groups in total. The van der Waals surface area contributed by atoms with Crippen molar-refractivity contribution in [3.05, 3.63) is 0 Å². The van der Waals surface area contributed by atoms with Gasteiger partial charge in [0.25, 0.3) is 0 Å². The Balaban J connectivity index is 4.06. The van der Waals surface area contributed by atoms with Crippen LogP contribution in [0.5, 0.6) is 0 Å². The Morgan fingerprint density at radius 3 is 2.40 bits per heavy atom. The summed E-state index contributed by atoms with van der Waals surface area (Å²) in [7, 11) is 0. The first-order valence-corrected chi connectivity index (χ1v) is 3.58. The molecule has 0 aromatic rings. The van der Waals surface area contributed by atoms with Gasteiger partial charge in [-0.25, -0.2) is 4.99 Å². The van der Waals surface area contributed by atoms with Gasteiger partial charge >= 0.3 is 0 Å². The fourth-order valence-electron chi connectivity index (χ4n) is 0.535. The van der Waals surface area contributed by atoms with Crippen molar-refractivity contribution < 1.29 is 4.79 Å². The summed E-state index contributed by atoms with van der Waals surface area (Å²) in [6.07, 6.45) is 0. The molecule has 2 atom stereocenters. The highest BCUT2D eigenvalue weighted by Gasteiger charge is 2.14. The smallest absolute Gasteiger partial charge is 0.134 e. The second-order valence-corrected chi connectivity index (χ2v) is 2.54. The molecule has 0 bridgehead atoms. The van der Waals surface area contributed by atoms with Crippen LogP contribution >= 0.6 is 12.2 Å². The van der Waals surface area contributed by atoms with Gasteiger partial charge in [0.1, 0.15) is 5.78 Å². The maximum atomic E-state index is 10.7. The standard InChI is InChI=1S/C7H11NOS/c1-5(7(3)9)6(2)8-4-10/h5-6H,1-3H3/t5-,6-/m1/s1. The third-order valence-corrected chi connectivity index (χ3v) is 1.73. The largest absolute Gasteiger partial charge is 0.300 e. The van der Waals surface area contributed by atoms with Gasteiger partial charge in [-0.15, -0.1) is 0 Å². The van der Waals surface area contributed by atoms with E-state index >= 15 is 0 Å². The number of Topliss-reactive ketones (excluding diaryl/α,β-unsaturated/α-hetero) is 1. The van der Waals surface area contributed by atoms with Crippen LogP contribution in [0.15, 0.2) is 4.99 Å². The van der Waals surface area contributed by atoms with Crippen molar-refractivity contribution in [1.29, 1.82) is 0 Å². The maximum absolute atomic E-state index is 10.7. The second kappa shape index (κ2) is 4.31. The van der Waals surface area contributed by atoms with Crippen molar-refractivity contribution in [2.75, 3.05) is 0 Å². The molecule has 56 valence electrons. The number of carbonyl (C=O) groups excluding carboxylic acids is 1. The zero-order valence-electron chi connectivity index (χ0n) is 6.42. The number of rotatable bonds is 3. The van der Waals surface area contributed by atoms with E-state index in [2.05, 4.69) is 22.4 Å². The molecule has 0 aromatic heterocycles. The average molecular weight is 157 g/mol. The zero-order chi connectivity index (χ0) is 8.15. The van der Waals surface area contributed by atoms with Gasteiger partial charge in [0.05, 0.1) is 11.2 Å². The third-order valence-electron chi connectivity index (χ3n) is 1.62. The molecule has 0 unspecified atom stereocenters. The Hall–Kier alpha value is -0.530. The molecule has 0 rings (SSSR count). The van der Waals surface area contributed by atoms with Gasteiger partial charge in [-0.3, -0.25) is 4.79 Å². The average Bonchev–Trinajstić information content (AvgIpc) is 1.87. The quantitative estimate of drug-likeness (QED) is 0.461. The van der Waals surface area contributed by atoms with E-state index in [0.29, 0.717) is 0 Å². The highest BCUT2D eigenvalue weighted by Crippen LogP contribution is 2.06. The summed E-state index contributed by atoms with van der Waals surface area (Å²) in [6, 6.07) is -0.0324. The number of hydrogen-bond donors (Lipinski definition) is 0. The molecule has 0 aliphatic rings. The minimum Gasteiger partial charge on any atom is -0.300 e. The number of ketones is 1. The molecule has 0 aromatic carbocycles. The highest BCUT2D eigenvalue weighted by molar-refractivity contribution is 7.78. The highest BCUT2D eigenvalue weighted by atomic mass is 32.1. The summed E-state index contributed by atoms with van der Waals surface area (Å²) in [5, 5.41) is 2.26. The topological polar surface area (TPSA) is 29.4 Å². The van der Waals surface area contributed by atoms with Gasteiger partial charge in [0, 0.05) is 5.92 Å². The lowest BCUT2D eigenvalue weighted by Crippen LogP contribution is -2.18. The molecule has 0 fully saturated rings.